The quantitative estimate of drug-likeness (QED) is 0.179. The number of ether oxygens (including phenoxy) is 2. The van der Waals surface area contributed by atoms with E-state index in [-0.39, 0.29) is 45.2 Å². The summed E-state index contributed by atoms with van der Waals surface area (Å²) < 4.78 is 66.6. The summed E-state index contributed by atoms with van der Waals surface area (Å²) in [5, 5.41) is 3.49. The molecule has 7 rings (SSSR count). The predicted molar refractivity (Wildman–Crippen MR) is 218 cm³/mol. The number of carbonyl (C=O) groups is 4. The first-order valence-corrected chi connectivity index (χ1v) is 21.5. The molecule has 1 aromatic carbocycles. The molecule has 4 fully saturated rings. The van der Waals surface area contributed by atoms with Gasteiger partial charge in [-0.2, -0.15) is 0 Å². The first-order chi connectivity index (χ1) is 28.4. The molecule has 2 saturated heterocycles. The van der Waals surface area contributed by atoms with Crippen LogP contribution in [-0.4, -0.2) is 113 Å². The van der Waals surface area contributed by atoms with Gasteiger partial charge in [-0.05, 0) is 62.3 Å². The van der Waals surface area contributed by atoms with E-state index >= 15 is 0 Å². The molecule has 0 radical (unpaired) electrons. The average Bonchev–Trinajstić information content (AvgIpc) is 4.12. The van der Waals surface area contributed by atoms with E-state index in [4.69, 9.17) is 14.5 Å². The van der Waals surface area contributed by atoms with Crippen LogP contribution in [-0.2, 0) is 30.1 Å². The van der Waals surface area contributed by atoms with Gasteiger partial charge in [0.05, 0.1) is 43.0 Å². The Kier molecular flexibility index (Phi) is 11.7. The zero-order valence-electron chi connectivity index (χ0n) is 34.5. The fraction of sp³-hybridized carbons (Fsp3) is 0.535. The number of thiol groups is 1. The van der Waals surface area contributed by atoms with Gasteiger partial charge in [0.15, 0.2) is 0 Å². The number of halogens is 2. The fourth-order valence-corrected chi connectivity index (χ4v) is 9.38. The summed E-state index contributed by atoms with van der Waals surface area (Å²) in [6.45, 7) is 10.3. The van der Waals surface area contributed by atoms with Crippen molar-refractivity contribution in [3.05, 3.63) is 60.8 Å². The number of aryl methyl sites for hydroxylation is 1. The predicted octanol–water partition coefficient (Wildman–Crippen LogP) is 4.85. The average molecular weight is 851 g/mol. The van der Waals surface area contributed by atoms with Gasteiger partial charge >= 0.3 is 0 Å². The summed E-state index contributed by atoms with van der Waals surface area (Å²) in [5.41, 5.74) is -0.0221. The fourth-order valence-electron chi connectivity index (χ4n) is 8.56. The second-order valence-electron chi connectivity index (χ2n) is 17.5. The molecule has 2 aliphatic carbocycles. The maximum Gasteiger partial charge on any atom is 0.265 e. The van der Waals surface area contributed by atoms with Crippen LogP contribution in [0.5, 0.6) is 11.5 Å². The number of methoxy groups -OCH3 is 1. The molecule has 60 heavy (non-hydrogen) atoms. The van der Waals surface area contributed by atoms with E-state index in [1.165, 1.54) is 11.0 Å². The van der Waals surface area contributed by atoms with Gasteiger partial charge in [0.2, 0.25) is 28.6 Å². The highest BCUT2D eigenvalue weighted by molar-refractivity contribution is 7.70. The van der Waals surface area contributed by atoms with Gasteiger partial charge in [0.1, 0.15) is 29.2 Å². The number of nitrogens with zero attached hydrogens (tertiary/aromatic N) is 5. The largest absolute Gasteiger partial charge is 0.496 e. The number of rotatable bonds is 13. The molecule has 1 N–H and O–H groups in total. The monoisotopic (exact) mass is 850 g/mol. The molecule has 2 aromatic heterocycles. The van der Waals surface area contributed by atoms with E-state index in [0.717, 1.165) is 14.8 Å². The minimum atomic E-state index is -3.29. The number of benzene rings is 1. The van der Waals surface area contributed by atoms with Crippen molar-refractivity contribution in [2.75, 3.05) is 26.7 Å². The number of pyridine rings is 2. The van der Waals surface area contributed by atoms with Gasteiger partial charge in [-0.3, -0.25) is 24.2 Å². The number of hydrogen-bond donors (Lipinski definition) is 2. The van der Waals surface area contributed by atoms with Crippen molar-refractivity contribution >= 4 is 45.4 Å². The third kappa shape index (κ3) is 8.54. The summed E-state index contributed by atoms with van der Waals surface area (Å²) in [6, 6.07) is 9.05. The number of hydrogen-bond acceptors (Lipinski definition) is 10. The van der Waals surface area contributed by atoms with Crippen LogP contribution in [0.25, 0.3) is 22.3 Å². The van der Waals surface area contributed by atoms with E-state index in [0.29, 0.717) is 46.6 Å². The highest BCUT2D eigenvalue weighted by Gasteiger charge is 2.63. The van der Waals surface area contributed by atoms with Gasteiger partial charge in [-0.15, -0.1) is 6.58 Å². The minimum Gasteiger partial charge on any atom is -0.496 e. The molecule has 4 heterocycles. The van der Waals surface area contributed by atoms with Gasteiger partial charge in [-0.1, -0.05) is 32.9 Å². The third-order valence-corrected chi connectivity index (χ3v) is 13.1. The number of carbonyl (C=O) groups excluding carboxylic acids is 4. The Hall–Kier alpha value is -5.19. The first-order valence-electron chi connectivity index (χ1n) is 20.3. The van der Waals surface area contributed by atoms with Crippen LogP contribution in [0.3, 0.4) is 0 Å². The topological polar surface area (TPSA) is 168 Å². The van der Waals surface area contributed by atoms with Crippen molar-refractivity contribution in [1.82, 2.24) is 29.4 Å². The molecule has 17 heteroatoms. The molecule has 2 saturated carbocycles. The second-order valence-corrected chi connectivity index (χ2v) is 18.4. The van der Waals surface area contributed by atoms with Crippen molar-refractivity contribution in [3.63, 3.8) is 0 Å². The van der Waals surface area contributed by atoms with Crippen molar-refractivity contribution in [3.8, 4) is 22.9 Å². The summed E-state index contributed by atoms with van der Waals surface area (Å²) >= 11 is 0. The lowest BCUT2D eigenvalue weighted by atomic mass is 9.77. The lowest BCUT2D eigenvalue weighted by Crippen LogP contribution is -2.57. The van der Waals surface area contributed by atoms with Crippen LogP contribution < -0.4 is 14.8 Å². The van der Waals surface area contributed by atoms with Crippen LogP contribution in [0.4, 0.5) is 8.78 Å². The van der Waals surface area contributed by atoms with Crippen molar-refractivity contribution in [1.29, 1.82) is 0 Å². The molecule has 1 unspecified atom stereocenters. The molecule has 4 amide bonds. The SMILES string of the molecule is C=C[C@@H]1CC1(NC(=O)[C@@H]1C[C@@H](Oc2cc(-c3ccccn3)nc3c(C)c(OC)ccc23)CN1C(=O)[C@@H](CC(=O)N1CCCC(F)(F)C1)C(C)(C)C)C(=O)N(C1CC1)[SH](=O)=O. The second kappa shape index (κ2) is 16.3. The summed E-state index contributed by atoms with van der Waals surface area (Å²) in [4.78, 5) is 69.0. The van der Waals surface area contributed by atoms with Gasteiger partial charge < -0.3 is 24.6 Å². The zero-order valence-corrected chi connectivity index (χ0v) is 35.4. The number of fused-ring (bicyclic) bond motifs is 1. The molecule has 3 aromatic rings. The van der Waals surface area contributed by atoms with Gasteiger partial charge in [0.25, 0.3) is 11.8 Å². The van der Waals surface area contributed by atoms with E-state index in [1.54, 1.807) is 52.3 Å². The normalized spacial score (nSPS) is 24.2. The molecular weight excluding hydrogens is 799 g/mol. The zero-order chi connectivity index (χ0) is 43.3. The van der Waals surface area contributed by atoms with E-state index in [2.05, 4.69) is 16.9 Å². The number of aromatic nitrogens is 2. The lowest BCUT2D eigenvalue weighted by molar-refractivity contribution is -0.151. The number of likely N-dealkylation sites (tertiary alicyclic amines) is 2. The Labute approximate surface area is 349 Å². The number of amides is 4. The van der Waals surface area contributed by atoms with Gasteiger partial charge in [0, 0.05) is 61.0 Å². The molecular formula is C43H52F2N6O8S. The van der Waals surface area contributed by atoms with Crippen LogP contribution in [0, 0.1) is 24.2 Å². The van der Waals surface area contributed by atoms with E-state index in [9.17, 15) is 36.4 Å². The summed E-state index contributed by atoms with van der Waals surface area (Å²) in [6.07, 6.45) is 2.89. The Morgan fingerprint density at radius 2 is 1.87 bits per heavy atom. The third-order valence-electron chi connectivity index (χ3n) is 12.2. The molecule has 0 spiro atoms. The minimum absolute atomic E-state index is 0.0379. The van der Waals surface area contributed by atoms with Crippen LogP contribution in [0.15, 0.2) is 55.3 Å². The van der Waals surface area contributed by atoms with E-state index < -0.39 is 88.0 Å². The van der Waals surface area contributed by atoms with Crippen LogP contribution in [0.2, 0.25) is 0 Å². The Morgan fingerprint density at radius 3 is 2.47 bits per heavy atom. The highest BCUT2D eigenvalue weighted by Crippen LogP contribution is 2.48. The Balaban J connectivity index is 1.24. The van der Waals surface area contributed by atoms with Crippen molar-refractivity contribution in [2.24, 2.45) is 17.3 Å². The Bertz CT molecular complexity index is 2270. The summed E-state index contributed by atoms with van der Waals surface area (Å²) in [7, 11) is -1.73. The molecule has 2 aliphatic heterocycles. The molecule has 5 atom stereocenters. The Morgan fingerprint density at radius 1 is 1.12 bits per heavy atom. The number of piperidine rings is 1. The standard InChI is InChI=1S/C43H52F2N6O8S/c1-7-26-22-43(26,40(55)51(60(56)57)27-12-13-27)48-38(53)33-19-28(23-50(33)39(54)30(41(3,4)5)20-36(52)49-18-10-16-42(44,45)24-49)59-35-21-32(31-11-8-9-17-46-31)47-37-25(2)34(58-6)15-14-29(35)37/h7-9,11,14-15,17,21,26-28,30,33,60H,1,10,12-13,16,18-20,22-24H2,2-6H3,(H,48,53)/t26-,28-,30-,33+,43?/m1/s1. The molecule has 4 aliphatic rings. The van der Waals surface area contributed by atoms with Crippen LogP contribution >= 0.6 is 0 Å². The molecule has 0 bridgehead atoms. The highest BCUT2D eigenvalue weighted by atomic mass is 32.2. The maximum atomic E-state index is 14.9. The van der Waals surface area contributed by atoms with E-state index in [1.807, 2.05) is 25.1 Å². The molecule has 322 valence electrons. The maximum absolute atomic E-state index is 14.9. The molecule has 14 nitrogen and oxygen atoms in total. The van der Waals surface area contributed by atoms with Crippen LogP contribution in [0.1, 0.15) is 71.3 Å². The smallest absolute Gasteiger partial charge is 0.265 e. The summed E-state index contributed by atoms with van der Waals surface area (Å²) in [5.74, 6) is -6.22. The van der Waals surface area contributed by atoms with Crippen molar-refractivity contribution in [2.45, 2.75) is 102 Å². The lowest BCUT2D eigenvalue weighted by Gasteiger charge is -2.37. The first kappa shape index (κ1) is 42.9. The number of nitrogens with one attached hydrogen (secondary N) is 1. The van der Waals surface area contributed by atoms with Crippen molar-refractivity contribution < 1.29 is 45.9 Å². The van der Waals surface area contributed by atoms with Gasteiger partial charge in [-0.25, -0.2) is 26.5 Å². The number of alkyl halides is 2.